The van der Waals surface area contributed by atoms with Gasteiger partial charge in [-0.1, -0.05) is 17.7 Å². The number of hydrogen-bond donors (Lipinski definition) is 1. The van der Waals surface area contributed by atoms with Gasteiger partial charge < -0.3 is 0 Å². The number of hydrogen-bond acceptors (Lipinski definition) is 5. The number of nitrogens with zero attached hydrogens (tertiary/aromatic N) is 1. The molecule has 1 saturated heterocycles. The first-order chi connectivity index (χ1) is 13.2. The monoisotopic (exact) mass is 456 g/mol. The quantitative estimate of drug-likeness (QED) is 0.759. The van der Waals surface area contributed by atoms with Gasteiger partial charge in [-0.05, 0) is 69.2 Å². The third-order valence-corrected chi connectivity index (χ3v) is 8.66. The number of anilines is 2. The fourth-order valence-electron chi connectivity index (χ4n) is 3.19. The number of halogens is 1. The van der Waals surface area contributed by atoms with Gasteiger partial charge in [-0.2, -0.15) is 0 Å². The summed E-state index contributed by atoms with van der Waals surface area (Å²) in [6, 6.07) is 8.79. The maximum Gasteiger partial charge on any atom is 0.262 e. The Bertz CT molecular complexity index is 1220. The predicted molar refractivity (Wildman–Crippen MR) is 113 cm³/mol. The Hall–Kier alpha value is -2.10. The normalized spacial score (nSPS) is 18.1. The highest BCUT2D eigenvalue weighted by atomic mass is 35.5. The molecule has 1 fully saturated rings. The fourth-order valence-corrected chi connectivity index (χ4v) is 6.75. The average molecular weight is 457 g/mol. The molecule has 0 atom stereocenters. The first-order valence-electron chi connectivity index (χ1n) is 8.72. The van der Waals surface area contributed by atoms with Gasteiger partial charge in [-0.25, -0.2) is 21.1 Å². The molecule has 2 aromatic carbocycles. The third kappa shape index (κ3) is 3.99. The standard InChI is InChI=1S/C19H21ClN2O5S2/c1-12-5-6-14(10-16(12)20)21-29(26,27)17-8-7-15(9-13(17)2)22-18(23)19(3,4)11-28(22,24)25/h5-10,21H,11H2,1-4H3. The summed E-state index contributed by atoms with van der Waals surface area (Å²) in [6.45, 7) is 6.47. The Morgan fingerprint density at radius 3 is 2.24 bits per heavy atom. The number of nitrogens with one attached hydrogen (secondary N) is 1. The van der Waals surface area contributed by atoms with Crippen LogP contribution in [0.15, 0.2) is 41.3 Å². The zero-order chi connectivity index (χ0) is 21.8. The number of aryl methyl sites for hydroxylation is 2. The van der Waals surface area contributed by atoms with Gasteiger partial charge in [-0.15, -0.1) is 0 Å². The lowest BCUT2D eigenvalue weighted by atomic mass is 9.95. The Balaban J connectivity index is 1.97. The Morgan fingerprint density at radius 1 is 1.07 bits per heavy atom. The van der Waals surface area contributed by atoms with Crippen molar-refractivity contribution in [3.63, 3.8) is 0 Å². The molecule has 1 aliphatic rings. The van der Waals surface area contributed by atoms with E-state index in [1.54, 1.807) is 39.8 Å². The number of benzene rings is 2. The van der Waals surface area contributed by atoms with Crippen LogP contribution in [0, 0.1) is 19.3 Å². The molecule has 0 aliphatic carbocycles. The summed E-state index contributed by atoms with van der Waals surface area (Å²) in [5.74, 6) is -0.840. The van der Waals surface area contributed by atoms with Crippen LogP contribution in [-0.4, -0.2) is 28.5 Å². The SMILES string of the molecule is Cc1ccc(NS(=O)(=O)c2ccc(N3C(=O)C(C)(C)CS3(=O)=O)cc2C)cc1Cl. The molecular formula is C19H21ClN2O5S2. The van der Waals surface area contributed by atoms with Crippen LogP contribution in [0.25, 0.3) is 0 Å². The van der Waals surface area contributed by atoms with E-state index in [0.29, 0.717) is 16.3 Å². The molecule has 0 unspecified atom stereocenters. The number of rotatable bonds is 4. The van der Waals surface area contributed by atoms with Gasteiger partial charge in [-0.3, -0.25) is 9.52 Å². The van der Waals surface area contributed by atoms with Crippen LogP contribution in [-0.2, 0) is 24.8 Å². The fraction of sp³-hybridized carbons (Fsp3) is 0.316. The topological polar surface area (TPSA) is 101 Å². The largest absolute Gasteiger partial charge is 0.280 e. The summed E-state index contributed by atoms with van der Waals surface area (Å²) in [6.07, 6.45) is 0. The van der Waals surface area contributed by atoms with E-state index in [0.717, 1.165) is 9.87 Å². The van der Waals surface area contributed by atoms with Gasteiger partial charge in [0.15, 0.2) is 0 Å². The van der Waals surface area contributed by atoms with E-state index in [1.807, 2.05) is 0 Å². The lowest BCUT2D eigenvalue weighted by Crippen LogP contribution is -2.33. The minimum absolute atomic E-state index is 0.0266. The van der Waals surface area contributed by atoms with Crippen molar-refractivity contribution in [2.45, 2.75) is 32.6 Å². The van der Waals surface area contributed by atoms with Crippen LogP contribution in [0.4, 0.5) is 11.4 Å². The third-order valence-electron chi connectivity index (χ3n) is 4.69. The highest BCUT2D eigenvalue weighted by molar-refractivity contribution is 7.94. The minimum atomic E-state index is -3.94. The second kappa shape index (κ2) is 7.00. The van der Waals surface area contributed by atoms with E-state index in [1.165, 1.54) is 24.3 Å². The highest BCUT2D eigenvalue weighted by Gasteiger charge is 2.50. The van der Waals surface area contributed by atoms with Crippen LogP contribution in [0.3, 0.4) is 0 Å². The Kier molecular flexibility index (Phi) is 5.21. The van der Waals surface area contributed by atoms with Crippen molar-refractivity contribution in [2.24, 2.45) is 5.41 Å². The molecule has 1 N–H and O–H groups in total. The molecule has 156 valence electrons. The van der Waals surface area contributed by atoms with E-state index >= 15 is 0 Å². The molecule has 29 heavy (non-hydrogen) atoms. The number of amides is 1. The van der Waals surface area contributed by atoms with Gasteiger partial charge in [0.25, 0.3) is 10.0 Å². The van der Waals surface area contributed by atoms with E-state index < -0.39 is 31.4 Å². The summed E-state index contributed by atoms with van der Waals surface area (Å²) in [7, 11) is -7.76. The van der Waals surface area contributed by atoms with E-state index in [-0.39, 0.29) is 16.3 Å². The lowest BCUT2D eigenvalue weighted by molar-refractivity contribution is -0.123. The lowest BCUT2D eigenvalue weighted by Gasteiger charge is -2.19. The molecule has 10 heteroatoms. The van der Waals surface area contributed by atoms with Gasteiger partial charge >= 0.3 is 0 Å². The summed E-state index contributed by atoms with van der Waals surface area (Å²) in [5.41, 5.74) is 0.512. The summed E-state index contributed by atoms with van der Waals surface area (Å²) < 4.78 is 53.7. The second-order valence-corrected chi connectivity index (χ2v) is 11.6. The van der Waals surface area contributed by atoms with Crippen molar-refractivity contribution < 1.29 is 21.6 Å². The molecule has 0 spiro atoms. The van der Waals surface area contributed by atoms with Gasteiger partial charge in [0.1, 0.15) is 0 Å². The first kappa shape index (κ1) is 21.6. The molecule has 1 aliphatic heterocycles. The molecule has 0 bridgehead atoms. The van der Waals surface area contributed by atoms with Crippen LogP contribution in [0.5, 0.6) is 0 Å². The Labute approximate surface area is 175 Å². The van der Waals surface area contributed by atoms with Crippen molar-refractivity contribution >= 4 is 48.9 Å². The van der Waals surface area contributed by atoms with E-state index in [4.69, 9.17) is 11.6 Å². The number of carbonyl (C=O) groups is 1. The van der Waals surface area contributed by atoms with Crippen LogP contribution in [0.2, 0.25) is 5.02 Å². The Morgan fingerprint density at radius 2 is 1.72 bits per heavy atom. The van der Waals surface area contributed by atoms with Crippen LogP contribution in [0.1, 0.15) is 25.0 Å². The first-order valence-corrected chi connectivity index (χ1v) is 12.2. The van der Waals surface area contributed by atoms with Crippen LogP contribution < -0.4 is 9.03 Å². The van der Waals surface area contributed by atoms with Crippen LogP contribution >= 0.6 is 11.6 Å². The second-order valence-electron chi connectivity index (χ2n) is 7.73. The molecular weight excluding hydrogens is 436 g/mol. The molecule has 0 saturated carbocycles. The number of sulfonamides is 2. The van der Waals surface area contributed by atoms with Gasteiger partial charge in [0.2, 0.25) is 15.9 Å². The van der Waals surface area contributed by atoms with Gasteiger partial charge in [0, 0.05) is 5.02 Å². The van der Waals surface area contributed by atoms with Gasteiger partial charge in [0.05, 0.1) is 27.4 Å². The van der Waals surface area contributed by atoms with Crippen molar-refractivity contribution in [1.82, 2.24) is 0 Å². The number of carbonyl (C=O) groups excluding carboxylic acids is 1. The van der Waals surface area contributed by atoms with Crippen molar-refractivity contribution in [3.8, 4) is 0 Å². The van der Waals surface area contributed by atoms with Crippen molar-refractivity contribution in [2.75, 3.05) is 14.8 Å². The summed E-state index contributed by atoms with van der Waals surface area (Å²) in [4.78, 5) is 12.5. The molecule has 0 radical (unpaired) electrons. The molecule has 1 amide bonds. The maximum absolute atomic E-state index is 12.8. The zero-order valence-electron chi connectivity index (χ0n) is 16.4. The molecule has 7 nitrogen and oxygen atoms in total. The maximum atomic E-state index is 12.8. The summed E-state index contributed by atoms with van der Waals surface area (Å²) in [5, 5.41) is 0.428. The summed E-state index contributed by atoms with van der Waals surface area (Å²) >= 11 is 6.05. The molecule has 0 aromatic heterocycles. The van der Waals surface area contributed by atoms with E-state index in [9.17, 15) is 21.6 Å². The molecule has 3 rings (SSSR count). The molecule has 2 aromatic rings. The zero-order valence-corrected chi connectivity index (χ0v) is 18.7. The minimum Gasteiger partial charge on any atom is -0.280 e. The predicted octanol–water partition coefficient (Wildman–Crippen LogP) is 3.46. The molecule has 1 heterocycles. The average Bonchev–Trinajstić information content (AvgIpc) is 2.73. The van der Waals surface area contributed by atoms with E-state index in [2.05, 4.69) is 4.72 Å². The smallest absolute Gasteiger partial charge is 0.262 e. The highest BCUT2D eigenvalue weighted by Crippen LogP contribution is 2.37. The van der Waals surface area contributed by atoms with Crippen molar-refractivity contribution in [1.29, 1.82) is 0 Å². The van der Waals surface area contributed by atoms with Crippen molar-refractivity contribution in [3.05, 3.63) is 52.5 Å².